The van der Waals surface area contributed by atoms with Gasteiger partial charge in [0.05, 0.1) is 11.3 Å². The summed E-state index contributed by atoms with van der Waals surface area (Å²) in [5, 5.41) is 15.4. The molecule has 0 radical (unpaired) electrons. The first kappa shape index (κ1) is 16.4. The average Bonchev–Trinajstić information content (AvgIpc) is 2.88. The van der Waals surface area contributed by atoms with Gasteiger partial charge in [-0.2, -0.15) is 5.10 Å². The van der Waals surface area contributed by atoms with Crippen molar-refractivity contribution < 1.29 is 9.90 Å². The molecule has 2 aromatic heterocycles. The van der Waals surface area contributed by atoms with Gasteiger partial charge in [0.25, 0.3) is 0 Å². The Kier molecular flexibility index (Phi) is 3.96. The molecule has 2 aliphatic heterocycles. The number of aryl methyl sites for hydroxylation is 1. The Hall–Kier alpha value is -2.06. The van der Waals surface area contributed by atoms with Gasteiger partial charge in [0.1, 0.15) is 5.52 Å². The number of piperidine rings is 1. The van der Waals surface area contributed by atoms with Crippen molar-refractivity contribution in [2.45, 2.75) is 31.3 Å². The van der Waals surface area contributed by atoms with Crippen LogP contribution in [-0.4, -0.2) is 78.9 Å². The Morgan fingerprint density at radius 1 is 1.28 bits per heavy atom. The van der Waals surface area contributed by atoms with E-state index in [4.69, 9.17) is 0 Å². The summed E-state index contributed by atoms with van der Waals surface area (Å²) in [5.41, 5.74) is 2.00. The molecule has 0 unspecified atom stereocenters. The maximum Gasteiger partial charge on any atom is 0.219 e. The molecule has 0 saturated carbocycles. The highest BCUT2D eigenvalue weighted by Crippen LogP contribution is 2.33. The lowest BCUT2D eigenvalue weighted by molar-refractivity contribution is -0.134. The third-order valence-corrected chi connectivity index (χ3v) is 5.49. The van der Waals surface area contributed by atoms with Gasteiger partial charge in [0, 0.05) is 65.0 Å². The van der Waals surface area contributed by atoms with Crippen molar-refractivity contribution in [2.75, 3.05) is 32.7 Å². The van der Waals surface area contributed by atoms with Crippen LogP contribution in [0.1, 0.15) is 31.4 Å². The number of hydrogen-bond acceptors (Lipinski definition) is 6. The van der Waals surface area contributed by atoms with Gasteiger partial charge in [-0.1, -0.05) is 0 Å². The number of fused-ring (bicyclic) bond motifs is 1. The van der Waals surface area contributed by atoms with Crippen molar-refractivity contribution in [1.82, 2.24) is 29.5 Å². The summed E-state index contributed by atoms with van der Waals surface area (Å²) in [5.74, 6) is 0.426. The molecule has 0 aromatic carbocycles. The fourth-order valence-electron chi connectivity index (χ4n) is 3.96. The van der Waals surface area contributed by atoms with Crippen LogP contribution < -0.4 is 0 Å². The summed E-state index contributed by atoms with van der Waals surface area (Å²) in [6, 6.07) is 0. The van der Waals surface area contributed by atoms with Crippen molar-refractivity contribution in [3.63, 3.8) is 0 Å². The van der Waals surface area contributed by atoms with E-state index in [9.17, 15) is 9.90 Å². The molecule has 4 heterocycles. The molecule has 25 heavy (non-hydrogen) atoms. The normalized spacial score (nSPS) is 21.5. The molecule has 2 fully saturated rings. The van der Waals surface area contributed by atoms with Crippen LogP contribution in [0.3, 0.4) is 0 Å². The number of hydrogen-bond donors (Lipinski definition) is 1. The molecule has 134 valence electrons. The lowest BCUT2D eigenvalue weighted by atomic mass is 9.87. The van der Waals surface area contributed by atoms with Gasteiger partial charge < -0.3 is 10.0 Å². The van der Waals surface area contributed by atoms with Gasteiger partial charge in [0.2, 0.25) is 5.91 Å². The number of aromatic nitrogens is 4. The predicted octanol–water partition coefficient (Wildman–Crippen LogP) is 0.136. The SMILES string of the molecule is CC(=O)N1CCC(O)(CN2CC(c3nn(C)c4nccnc34)C2)CC1. The summed E-state index contributed by atoms with van der Waals surface area (Å²) in [6.45, 7) is 5.28. The summed E-state index contributed by atoms with van der Waals surface area (Å²) in [7, 11) is 1.89. The van der Waals surface area contributed by atoms with E-state index >= 15 is 0 Å². The van der Waals surface area contributed by atoms with Crippen molar-refractivity contribution in [2.24, 2.45) is 7.05 Å². The molecule has 2 aliphatic rings. The minimum absolute atomic E-state index is 0.0919. The van der Waals surface area contributed by atoms with E-state index in [2.05, 4.69) is 20.0 Å². The third-order valence-electron chi connectivity index (χ3n) is 5.49. The van der Waals surface area contributed by atoms with E-state index in [1.165, 1.54) is 0 Å². The van der Waals surface area contributed by atoms with Gasteiger partial charge in [0.15, 0.2) is 5.65 Å². The minimum atomic E-state index is -0.692. The standard InChI is InChI=1S/C17H24N6O2/c1-12(24)23-7-3-17(25,4-8-23)11-22-9-13(10-22)14-15-16(21(2)20-14)19-6-5-18-15/h5-6,13,25H,3-4,7-11H2,1-2H3. The predicted molar refractivity (Wildman–Crippen MR) is 91.9 cm³/mol. The smallest absolute Gasteiger partial charge is 0.219 e. The fourth-order valence-corrected chi connectivity index (χ4v) is 3.96. The Morgan fingerprint density at radius 2 is 1.96 bits per heavy atom. The van der Waals surface area contributed by atoms with Crippen molar-refractivity contribution in [1.29, 1.82) is 0 Å². The number of nitrogens with zero attached hydrogens (tertiary/aromatic N) is 6. The van der Waals surface area contributed by atoms with E-state index in [0.717, 1.165) is 29.9 Å². The zero-order valence-corrected chi connectivity index (χ0v) is 14.7. The number of β-amino-alcohol motifs (C(OH)–C–C–N with tert-alkyl or cyclic N) is 1. The van der Waals surface area contributed by atoms with E-state index in [-0.39, 0.29) is 5.91 Å². The fraction of sp³-hybridized carbons (Fsp3) is 0.647. The molecular formula is C17H24N6O2. The monoisotopic (exact) mass is 344 g/mol. The van der Waals surface area contributed by atoms with Crippen LogP contribution in [0.5, 0.6) is 0 Å². The summed E-state index contributed by atoms with van der Waals surface area (Å²) in [4.78, 5) is 24.3. The number of carbonyl (C=O) groups is 1. The zero-order chi connectivity index (χ0) is 17.6. The summed E-state index contributed by atoms with van der Waals surface area (Å²) >= 11 is 0. The van der Waals surface area contributed by atoms with E-state index < -0.39 is 5.60 Å². The van der Waals surface area contributed by atoms with Gasteiger partial charge in [-0.05, 0) is 12.8 Å². The average molecular weight is 344 g/mol. The number of rotatable bonds is 3. The molecule has 8 heteroatoms. The van der Waals surface area contributed by atoms with E-state index in [1.54, 1.807) is 24.0 Å². The van der Waals surface area contributed by atoms with Crippen LogP contribution in [0.15, 0.2) is 12.4 Å². The van der Waals surface area contributed by atoms with Gasteiger partial charge in [-0.15, -0.1) is 0 Å². The second-order valence-corrected chi connectivity index (χ2v) is 7.36. The number of likely N-dealkylation sites (tertiary alicyclic amines) is 2. The first-order valence-corrected chi connectivity index (χ1v) is 8.79. The van der Waals surface area contributed by atoms with Crippen LogP contribution in [0, 0.1) is 0 Å². The third kappa shape index (κ3) is 3.00. The van der Waals surface area contributed by atoms with Crippen LogP contribution in [0.4, 0.5) is 0 Å². The summed E-state index contributed by atoms with van der Waals surface area (Å²) in [6.07, 6.45) is 4.68. The van der Waals surface area contributed by atoms with Crippen molar-refractivity contribution in [3.8, 4) is 0 Å². The molecule has 8 nitrogen and oxygen atoms in total. The zero-order valence-electron chi connectivity index (χ0n) is 14.7. The molecule has 0 aliphatic carbocycles. The first-order valence-electron chi connectivity index (χ1n) is 8.79. The van der Waals surface area contributed by atoms with Gasteiger partial charge in [-0.25, -0.2) is 14.6 Å². The van der Waals surface area contributed by atoms with Crippen LogP contribution >= 0.6 is 0 Å². The van der Waals surface area contributed by atoms with Gasteiger partial charge in [-0.3, -0.25) is 9.69 Å². The molecule has 0 atom stereocenters. The largest absolute Gasteiger partial charge is 0.388 e. The molecule has 0 bridgehead atoms. The number of amides is 1. The first-order chi connectivity index (χ1) is 12.0. The molecule has 1 amide bonds. The molecule has 2 aromatic rings. The Balaban J connectivity index is 1.37. The minimum Gasteiger partial charge on any atom is -0.388 e. The Morgan fingerprint density at radius 3 is 2.64 bits per heavy atom. The topological polar surface area (TPSA) is 87.4 Å². The Labute approximate surface area is 146 Å². The highest BCUT2D eigenvalue weighted by Gasteiger charge is 2.40. The van der Waals surface area contributed by atoms with Gasteiger partial charge >= 0.3 is 0 Å². The lowest BCUT2D eigenvalue weighted by Gasteiger charge is -2.45. The number of aliphatic hydroxyl groups is 1. The van der Waals surface area contributed by atoms with Crippen LogP contribution in [0.2, 0.25) is 0 Å². The maximum atomic E-state index is 11.4. The Bertz CT molecular complexity index is 790. The van der Waals surface area contributed by atoms with Crippen LogP contribution in [-0.2, 0) is 11.8 Å². The molecule has 2 saturated heterocycles. The van der Waals surface area contributed by atoms with E-state index in [1.807, 2.05) is 11.9 Å². The molecule has 0 spiro atoms. The molecule has 1 N–H and O–H groups in total. The van der Waals surface area contributed by atoms with E-state index in [0.29, 0.717) is 38.4 Å². The second kappa shape index (κ2) is 6.03. The molecule has 4 rings (SSSR count). The van der Waals surface area contributed by atoms with Crippen molar-refractivity contribution >= 4 is 17.1 Å². The molecular weight excluding hydrogens is 320 g/mol. The second-order valence-electron chi connectivity index (χ2n) is 7.36. The highest BCUT2D eigenvalue weighted by atomic mass is 16.3. The van der Waals surface area contributed by atoms with Crippen LogP contribution in [0.25, 0.3) is 11.2 Å². The maximum absolute atomic E-state index is 11.4. The summed E-state index contributed by atoms with van der Waals surface area (Å²) < 4.78 is 1.78. The lowest BCUT2D eigenvalue weighted by Crippen LogP contribution is -2.56. The highest BCUT2D eigenvalue weighted by molar-refractivity contribution is 5.74. The quantitative estimate of drug-likeness (QED) is 0.852. The number of carbonyl (C=O) groups excluding carboxylic acids is 1. The van der Waals surface area contributed by atoms with Crippen molar-refractivity contribution in [3.05, 3.63) is 18.1 Å².